The molecule has 0 bridgehead atoms. The van der Waals surface area contributed by atoms with Crippen LogP contribution < -0.4 is 5.32 Å². The minimum absolute atomic E-state index is 0.185. The molecule has 3 rings (SSSR count). The molecule has 2 aromatic carbocycles. The van der Waals surface area contributed by atoms with Gasteiger partial charge < -0.3 is 10.3 Å². The molecule has 1 aromatic heterocycles. The number of aryl methyl sites for hydroxylation is 2. The van der Waals surface area contributed by atoms with Gasteiger partial charge in [0.15, 0.2) is 0 Å². The molecule has 0 atom stereocenters. The third-order valence-electron chi connectivity index (χ3n) is 3.82. The van der Waals surface area contributed by atoms with E-state index in [1.54, 1.807) is 6.07 Å². The molecule has 0 saturated carbocycles. The third kappa shape index (κ3) is 2.72. The van der Waals surface area contributed by atoms with E-state index >= 15 is 0 Å². The summed E-state index contributed by atoms with van der Waals surface area (Å²) in [4.78, 5) is 15.4. The standard InChI is InChI=1S/C18H17FN2O/c1-11-3-5-13(6-4-11)10-20-18(22)17-12(2)15-9-14(19)7-8-16(15)21-17/h3-9,21H,10H2,1-2H3,(H,20,22). The van der Waals surface area contributed by atoms with Crippen LogP contribution in [-0.4, -0.2) is 10.9 Å². The van der Waals surface area contributed by atoms with Crippen LogP contribution in [0.5, 0.6) is 0 Å². The summed E-state index contributed by atoms with van der Waals surface area (Å²) in [7, 11) is 0. The maximum atomic E-state index is 13.3. The van der Waals surface area contributed by atoms with Crippen LogP contribution in [0, 0.1) is 19.7 Å². The number of benzene rings is 2. The van der Waals surface area contributed by atoms with Crippen molar-refractivity contribution in [1.29, 1.82) is 0 Å². The minimum atomic E-state index is -0.304. The largest absolute Gasteiger partial charge is 0.350 e. The second kappa shape index (κ2) is 5.64. The van der Waals surface area contributed by atoms with Crippen LogP contribution >= 0.6 is 0 Å². The molecule has 3 aromatic rings. The summed E-state index contributed by atoms with van der Waals surface area (Å²) >= 11 is 0. The SMILES string of the molecule is Cc1ccc(CNC(=O)c2[nH]c3ccc(F)cc3c2C)cc1. The van der Waals surface area contributed by atoms with Crippen LogP contribution in [0.4, 0.5) is 4.39 Å². The molecule has 0 aliphatic rings. The summed E-state index contributed by atoms with van der Waals surface area (Å²) < 4.78 is 13.3. The Morgan fingerprint density at radius 3 is 2.59 bits per heavy atom. The van der Waals surface area contributed by atoms with Crippen molar-refractivity contribution in [3.8, 4) is 0 Å². The van der Waals surface area contributed by atoms with Crippen LogP contribution in [0.25, 0.3) is 10.9 Å². The van der Waals surface area contributed by atoms with E-state index in [9.17, 15) is 9.18 Å². The first kappa shape index (κ1) is 14.3. The summed E-state index contributed by atoms with van der Waals surface area (Å²) in [5.41, 5.74) is 4.23. The van der Waals surface area contributed by atoms with Crippen molar-refractivity contribution >= 4 is 16.8 Å². The van der Waals surface area contributed by atoms with Gasteiger partial charge in [0.1, 0.15) is 11.5 Å². The molecule has 0 spiro atoms. The van der Waals surface area contributed by atoms with Gasteiger partial charge in [0.05, 0.1) is 0 Å². The van der Waals surface area contributed by atoms with Crippen LogP contribution in [0.2, 0.25) is 0 Å². The maximum absolute atomic E-state index is 13.3. The Labute approximate surface area is 128 Å². The van der Waals surface area contributed by atoms with Crippen molar-refractivity contribution in [3.05, 3.63) is 70.7 Å². The first-order valence-corrected chi connectivity index (χ1v) is 7.16. The highest BCUT2D eigenvalue weighted by Crippen LogP contribution is 2.22. The highest BCUT2D eigenvalue weighted by molar-refractivity contribution is 6.00. The second-order valence-electron chi connectivity index (χ2n) is 5.48. The Balaban J connectivity index is 1.80. The quantitative estimate of drug-likeness (QED) is 0.757. The van der Waals surface area contributed by atoms with Gasteiger partial charge in [-0.3, -0.25) is 4.79 Å². The van der Waals surface area contributed by atoms with E-state index in [-0.39, 0.29) is 11.7 Å². The number of nitrogens with one attached hydrogen (secondary N) is 2. The second-order valence-corrected chi connectivity index (χ2v) is 5.48. The molecule has 0 aliphatic carbocycles. The Bertz CT molecular complexity index is 834. The molecule has 2 N–H and O–H groups in total. The molecule has 112 valence electrons. The number of carbonyl (C=O) groups is 1. The van der Waals surface area contributed by atoms with Crippen LogP contribution in [0.1, 0.15) is 27.2 Å². The van der Waals surface area contributed by atoms with Gasteiger partial charge in [0.25, 0.3) is 5.91 Å². The first-order chi connectivity index (χ1) is 10.5. The van der Waals surface area contributed by atoms with Crippen molar-refractivity contribution < 1.29 is 9.18 Å². The lowest BCUT2D eigenvalue weighted by atomic mass is 10.1. The van der Waals surface area contributed by atoms with E-state index in [1.807, 2.05) is 38.1 Å². The Morgan fingerprint density at radius 2 is 1.86 bits per heavy atom. The summed E-state index contributed by atoms with van der Waals surface area (Å²) in [6.07, 6.45) is 0. The van der Waals surface area contributed by atoms with E-state index in [0.29, 0.717) is 12.2 Å². The average Bonchev–Trinajstić information content (AvgIpc) is 2.83. The Hall–Kier alpha value is -2.62. The van der Waals surface area contributed by atoms with Gasteiger partial charge in [-0.2, -0.15) is 0 Å². The van der Waals surface area contributed by atoms with Gasteiger partial charge in [-0.05, 0) is 43.2 Å². The fourth-order valence-electron chi connectivity index (χ4n) is 2.50. The zero-order valence-electron chi connectivity index (χ0n) is 12.5. The zero-order valence-corrected chi connectivity index (χ0v) is 12.5. The maximum Gasteiger partial charge on any atom is 0.268 e. The number of H-pyrrole nitrogens is 1. The highest BCUT2D eigenvalue weighted by atomic mass is 19.1. The summed E-state index contributed by atoms with van der Waals surface area (Å²) in [5, 5.41) is 3.62. The number of hydrogen-bond acceptors (Lipinski definition) is 1. The highest BCUT2D eigenvalue weighted by Gasteiger charge is 2.14. The van der Waals surface area contributed by atoms with Crippen molar-refractivity contribution in [2.24, 2.45) is 0 Å². The fraction of sp³-hybridized carbons (Fsp3) is 0.167. The van der Waals surface area contributed by atoms with Gasteiger partial charge in [-0.15, -0.1) is 0 Å². The normalized spacial score (nSPS) is 10.9. The van der Waals surface area contributed by atoms with Crippen LogP contribution in [0.15, 0.2) is 42.5 Å². The number of halogens is 1. The topological polar surface area (TPSA) is 44.9 Å². The van der Waals surface area contributed by atoms with Gasteiger partial charge in [0, 0.05) is 17.4 Å². The lowest BCUT2D eigenvalue weighted by Crippen LogP contribution is -2.23. The zero-order chi connectivity index (χ0) is 15.7. The number of aromatic nitrogens is 1. The van der Waals surface area contributed by atoms with Crippen molar-refractivity contribution in [3.63, 3.8) is 0 Å². The lowest BCUT2D eigenvalue weighted by molar-refractivity contribution is 0.0946. The Kier molecular flexibility index (Phi) is 3.67. The molecular formula is C18H17FN2O. The number of hydrogen-bond donors (Lipinski definition) is 2. The average molecular weight is 296 g/mol. The predicted molar refractivity (Wildman–Crippen MR) is 85.3 cm³/mol. The monoisotopic (exact) mass is 296 g/mol. The molecule has 1 heterocycles. The van der Waals surface area contributed by atoms with Crippen molar-refractivity contribution in [2.75, 3.05) is 0 Å². The molecule has 0 radical (unpaired) electrons. The molecular weight excluding hydrogens is 279 g/mol. The van der Waals surface area contributed by atoms with E-state index in [1.165, 1.54) is 17.7 Å². The van der Waals surface area contributed by atoms with Gasteiger partial charge in [-0.25, -0.2) is 4.39 Å². The number of rotatable bonds is 3. The fourth-order valence-corrected chi connectivity index (χ4v) is 2.50. The smallest absolute Gasteiger partial charge is 0.268 e. The minimum Gasteiger partial charge on any atom is -0.350 e. The molecule has 4 heteroatoms. The third-order valence-corrected chi connectivity index (χ3v) is 3.82. The van der Waals surface area contributed by atoms with Gasteiger partial charge >= 0.3 is 0 Å². The number of carbonyl (C=O) groups excluding carboxylic acids is 1. The van der Waals surface area contributed by atoms with Crippen LogP contribution in [-0.2, 0) is 6.54 Å². The molecule has 0 fully saturated rings. The van der Waals surface area contributed by atoms with Gasteiger partial charge in [0.2, 0.25) is 0 Å². The van der Waals surface area contributed by atoms with Crippen molar-refractivity contribution in [2.45, 2.75) is 20.4 Å². The van der Waals surface area contributed by atoms with E-state index < -0.39 is 0 Å². The lowest BCUT2D eigenvalue weighted by Gasteiger charge is -2.05. The van der Waals surface area contributed by atoms with E-state index in [0.717, 1.165) is 22.0 Å². The molecule has 3 nitrogen and oxygen atoms in total. The van der Waals surface area contributed by atoms with E-state index in [4.69, 9.17) is 0 Å². The van der Waals surface area contributed by atoms with Crippen LogP contribution in [0.3, 0.4) is 0 Å². The molecule has 22 heavy (non-hydrogen) atoms. The van der Waals surface area contributed by atoms with Crippen molar-refractivity contribution in [1.82, 2.24) is 10.3 Å². The number of aromatic amines is 1. The van der Waals surface area contributed by atoms with E-state index in [2.05, 4.69) is 10.3 Å². The number of fused-ring (bicyclic) bond motifs is 1. The summed E-state index contributed by atoms with van der Waals surface area (Å²) in [6, 6.07) is 12.5. The molecule has 0 aliphatic heterocycles. The number of amides is 1. The molecule has 0 saturated heterocycles. The Morgan fingerprint density at radius 1 is 1.14 bits per heavy atom. The van der Waals surface area contributed by atoms with Gasteiger partial charge in [-0.1, -0.05) is 29.8 Å². The molecule has 0 unspecified atom stereocenters. The molecule has 1 amide bonds. The summed E-state index contributed by atoms with van der Waals surface area (Å²) in [5.74, 6) is -0.490. The predicted octanol–water partition coefficient (Wildman–Crippen LogP) is 3.85. The first-order valence-electron chi connectivity index (χ1n) is 7.16. The summed E-state index contributed by atoms with van der Waals surface area (Å²) in [6.45, 7) is 4.30.